The van der Waals surface area contributed by atoms with Crippen molar-refractivity contribution in [1.29, 1.82) is 0 Å². The molecule has 46 heavy (non-hydrogen) atoms. The summed E-state index contributed by atoms with van der Waals surface area (Å²) in [4.78, 5) is 52.6. The van der Waals surface area contributed by atoms with Crippen LogP contribution >= 0.6 is 0 Å². The van der Waals surface area contributed by atoms with E-state index in [-0.39, 0.29) is 22.8 Å². The highest BCUT2D eigenvalue weighted by Crippen LogP contribution is 2.40. The number of morpholine rings is 1. The average molecular weight is 622 g/mol. The van der Waals surface area contributed by atoms with E-state index in [1.807, 2.05) is 17.0 Å². The fraction of sp³-hybridized carbons (Fsp3) is 0.400. The molecule has 1 saturated heterocycles. The molecule has 0 radical (unpaired) electrons. The largest absolute Gasteiger partial charge is 0.378 e. The number of hydrogen-bond acceptors (Lipinski definition) is 7. The number of carbonyl (C=O) groups excluding carboxylic acids is 2. The molecule has 238 valence electrons. The third kappa shape index (κ3) is 5.28. The van der Waals surface area contributed by atoms with E-state index >= 15 is 0 Å². The van der Waals surface area contributed by atoms with Crippen LogP contribution in [0.15, 0.2) is 53.7 Å². The van der Waals surface area contributed by atoms with Crippen LogP contribution in [0, 0.1) is 5.41 Å². The third-order valence-corrected chi connectivity index (χ3v) is 9.33. The zero-order chi connectivity index (χ0) is 32.2. The fourth-order valence-corrected chi connectivity index (χ4v) is 7.08. The molecule has 4 aromatic rings. The number of pyridine rings is 3. The van der Waals surface area contributed by atoms with Gasteiger partial charge in [-0.1, -0.05) is 20.8 Å². The number of rotatable bonds is 6. The molecule has 11 nitrogen and oxygen atoms in total. The lowest BCUT2D eigenvalue weighted by molar-refractivity contribution is 0.0302. The smallest absolute Gasteiger partial charge is 0.276 e. The monoisotopic (exact) mass is 621 g/mol. The van der Waals surface area contributed by atoms with Crippen molar-refractivity contribution in [2.24, 2.45) is 12.5 Å². The summed E-state index contributed by atoms with van der Waals surface area (Å²) in [5.74, 6) is 0.996. The predicted molar refractivity (Wildman–Crippen MR) is 176 cm³/mol. The quantitative estimate of drug-likeness (QED) is 0.343. The van der Waals surface area contributed by atoms with Gasteiger partial charge in [-0.15, -0.1) is 0 Å². The molecule has 1 N–H and O–H groups in total. The van der Waals surface area contributed by atoms with E-state index in [0.29, 0.717) is 62.2 Å². The first-order chi connectivity index (χ1) is 22.1. The van der Waals surface area contributed by atoms with Gasteiger partial charge in [0.15, 0.2) is 0 Å². The number of aryl methyl sites for hydroxylation is 1. The molecule has 7 rings (SSSR count). The molecule has 0 saturated carbocycles. The summed E-state index contributed by atoms with van der Waals surface area (Å²) in [5, 5.41) is 3.15. The van der Waals surface area contributed by atoms with Crippen LogP contribution in [-0.4, -0.2) is 68.7 Å². The van der Waals surface area contributed by atoms with Crippen molar-refractivity contribution in [2.45, 2.75) is 46.6 Å². The van der Waals surface area contributed by atoms with Crippen molar-refractivity contribution in [2.75, 3.05) is 43.1 Å². The summed E-state index contributed by atoms with van der Waals surface area (Å²) < 4.78 is 9.09. The maximum atomic E-state index is 13.9. The normalized spacial score (nSPS) is 17.2. The number of amides is 2. The van der Waals surface area contributed by atoms with Gasteiger partial charge < -0.3 is 24.1 Å². The Hall–Kier alpha value is -4.77. The zero-order valence-electron chi connectivity index (χ0n) is 26.8. The maximum absolute atomic E-state index is 13.9. The number of anilines is 3. The Morgan fingerprint density at radius 3 is 2.57 bits per heavy atom. The Labute approximate surface area is 267 Å². The topological polar surface area (TPSA) is 115 Å². The third-order valence-electron chi connectivity index (χ3n) is 9.33. The van der Waals surface area contributed by atoms with E-state index in [0.717, 1.165) is 41.8 Å². The van der Waals surface area contributed by atoms with Gasteiger partial charge in [-0.3, -0.25) is 19.3 Å². The Kier molecular flexibility index (Phi) is 7.51. The Morgan fingerprint density at radius 2 is 1.83 bits per heavy atom. The predicted octanol–water partition coefficient (Wildman–Crippen LogP) is 4.21. The van der Waals surface area contributed by atoms with Gasteiger partial charge in [0.05, 0.1) is 18.8 Å². The second-order valence-electron chi connectivity index (χ2n) is 13.2. The molecule has 0 aromatic carbocycles. The highest BCUT2D eigenvalue weighted by Gasteiger charge is 2.37. The van der Waals surface area contributed by atoms with E-state index in [9.17, 15) is 14.4 Å². The minimum Gasteiger partial charge on any atom is -0.378 e. The summed E-state index contributed by atoms with van der Waals surface area (Å²) in [5.41, 5.74) is 6.83. The zero-order valence-corrected chi connectivity index (χ0v) is 26.8. The number of aromatic nitrogens is 4. The summed E-state index contributed by atoms with van der Waals surface area (Å²) >= 11 is 0. The lowest BCUT2D eigenvalue weighted by atomic mass is 9.90. The van der Waals surface area contributed by atoms with Crippen molar-refractivity contribution in [3.8, 4) is 11.1 Å². The van der Waals surface area contributed by atoms with Gasteiger partial charge in [0, 0.05) is 68.6 Å². The molecule has 1 aliphatic carbocycles. The molecule has 0 bridgehead atoms. The Balaban J connectivity index is 1.17. The van der Waals surface area contributed by atoms with E-state index in [2.05, 4.69) is 41.7 Å². The van der Waals surface area contributed by atoms with Crippen LogP contribution in [0.1, 0.15) is 58.4 Å². The molecule has 0 spiro atoms. The molecule has 11 heteroatoms. The average Bonchev–Trinajstić information content (AvgIpc) is 3.55. The van der Waals surface area contributed by atoms with Crippen molar-refractivity contribution < 1.29 is 14.3 Å². The minimum absolute atomic E-state index is 0.0257. The maximum Gasteiger partial charge on any atom is 0.276 e. The van der Waals surface area contributed by atoms with Gasteiger partial charge in [-0.05, 0) is 66.1 Å². The molecule has 3 aliphatic rings. The van der Waals surface area contributed by atoms with Crippen molar-refractivity contribution in [3.63, 3.8) is 0 Å². The number of nitrogens with zero attached hydrogens (tertiary/aromatic N) is 6. The molecular formula is C35H39N7O4. The second kappa shape index (κ2) is 11.5. The van der Waals surface area contributed by atoms with Crippen molar-refractivity contribution >= 4 is 29.1 Å². The molecule has 1 fully saturated rings. The lowest BCUT2D eigenvalue weighted by Crippen LogP contribution is -2.41. The Morgan fingerprint density at radius 1 is 1.02 bits per heavy atom. The van der Waals surface area contributed by atoms with Crippen LogP contribution < -0.4 is 15.8 Å². The molecule has 0 atom stereocenters. The summed E-state index contributed by atoms with van der Waals surface area (Å²) in [7, 11) is 1.71. The first-order valence-electron chi connectivity index (χ1n) is 16.0. The van der Waals surface area contributed by atoms with Crippen molar-refractivity contribution in [3.05, 3.63) is 87.4 Å². The fourth-order valence-electron chi connectivity index (χ4n) is 7.08. The van der Waals surface area contributed by atoms with Gasteiger partial charge in [0.1, 0.15) is 23.0 Å². The molecule has 2 aliphatic heterocycles. The number of nitrogens with one attached hydrogen (secondary N) is 1. The van der Waals surface area contributed by atoms with Crippen LogP contribution in [0.25, 0.3) is 11.1 Å². The van der Waals surface area contributed by atoms with E-state index < -0.39 is 0 Å². The molecular weight excluding hydrogens is 582 g/mol. The molecule has 2 amide bonds. The summed E-state index contributed by atoms with van der Waals surface area (Å²) in [6, 6.07) is 9.25. The van der Waals surface area contributed by atoms with Gasteiger partial charge in [0.2, 0.25) is 0 Å². The summed E-state index contributed by atoms with van der Waals surface area (Å²) in [6.07, 6.45) is 7.69. The number of fused-ring (bicyclic) bond motifs is 3. The van der Waals surface area contributed by atoms with Crippen LogP contribution in [0.3, 0.4) is 0 Å². The number of ether oxygens (including phenoxy) is 1. The highest BCUT2D eigenvalue weighted by molar-refractivity contribution is 6.06. The molecule has 6 heterocycles. The van der Waals surface area contributed by atoms with Crippen LogP contribution in [-0.2, 0) is 37.6 Å². The van der Waals surface area contributed by atoms with E-state index in [1.165, 1.54) is 22.0 Å². The standard InChI is InChI=1S/C35H39N7O4/c1-5-25-26(8-9-36-31(25)42-11-10-41-28(34(42)45)17-23-18-35(2,3)19-29(23)41)24-16-27(33(44)39(4)21-24)38-30-7-6-22(20-37-30)32(43)40-12-14-46-15-13-40/h6-9,16-17,20-21H,5,10-15,18-19H2,1-4H3,(H,37,38). The van der Waals surface area contributed by atoms with Gasteiger partial charge >= 0.3 is 0 Å². The molecule has 4 aromatic heterocycles. The lowest BCUT2D eigenvalue weighted by Gasteiger charge is -2.31. The van der Waals surface area contributed by atoms with Crippen LogP contribution in [0.4, 0.5) is 17.3 Å². The first kappa shape index (κ1) is 29.9. The van der Waals surface area contributed by atoms with Crippen LogP contribution in [0.5, 0.6) is 0 Å². The minimum atomic E-state index is -0.213. The van der Waals surface area contributed by atoms with Gasteiger partial charge in [-0.2, -0.15) is 0 Å². The first-order valence-corrected chi connectivity index (χ1v) is 16.0. The second-order valence-corrected chi connectivity index (χ2v) is 13.2. The van der Waals surface area contributed by atoms with Gasteiger partial charge in [-0.25, -0.2) is 9.97 Å². The number of carbonyl (C=O) groups is 2. The van der Waals surface area contributed by atoms with Gasteiger partial charge in [0.25, 0.3) is 17.4 Å². The van der Waals surface area contributed by atoms with Crippen LogP contribution in [0.2, 0.25) is 0 Å². The van der Waals surface area contributed by atoms with Crippen molar-refractivity contribution in [1.82, 2.24) is 24.0 Å². The highest BCUT2D eigenvalue weighted by atomic mass is 16.5. The van der Waals surface area contributed by atoms with E-state index in [1.54, 1.807) is 36.5 Å². The SMILES string of the molecule is CCc1c(-c2cc(Nc3ccc(C(=O)N4CCOCC4)cn3)c(=O)n(C)c2)ccnc1N1CCn2c(cc3c2CC(C)(C)C3)C1=O. The van der Waals surface area contributed by atoms with E-state index in [4.69, 9.17) is 9.72 Å². The summed E-state index contributed by atoms with van der Waals surface area (Å²) in [6.45, 7) is 10.1. The number of hydrogen-bond donors (Lipinski definition) is 1. The molecule has 0 unspecified atom stereocenters. The Bertz CT molecular complexity index is 1900.